The number of benzene rings is 1. The lowest BCUT2D eigenvalue weighted by atomic mass is 10.2. The molecule has 29 heavy (non-hydrogen) atoms. The van der Waals surface area contributed by atoms with Crippen LogP contribution in [0.3, 0.4) is 0 Å². The van der Waals surface area contributed by atoms with E-state index in [0.29, 0.717) is 56.5 Å². The van der Waals surface area contributed by atoms with Crippen LogP contribution >= 0.6 is 0 Å². The Morgan fingerprint density at radius 2 is 1.79 bits per heavy atom. The van der Waals surface area contributed by atoms with Gasteiger partial charge in [-0.1, -0.05) is 12.1 Å². The minimum Gasteiger partial charge on any atom is -0.475 e. The lowest BCUT2D eigenvalue weighted by molar-refractivity contribution is -0.0168. The van der Waals surface area contributed by atoms with Gasteiger partial charge in [-0.25, -0.2) is 9.37 Å². The lowest BCUT2D eigenvalue weighted by Gasteiger charge is -2.36. The Labute approximate surface area is 171 Å². The molecule has 0 unspecified atom stereocenters. The van der Waals surface area contributed by atoms with Gasteiger partial charge in [-0.2, -0.15) is 0 Å². The minimum absolute atomic E-state index is 0.0756. The molecule has 0 aliphatic carbocycles. The summed E-state index contributed by atoms with van der Waals surface area (Å²) in [6, 6.07) is 10.1. The van der Waals surface area contributed by atoms with Gasteiger partial charge in [0, 0.05) is 38.4 Å². The molecule has 156 valence electrons. The molecular weight excluding hydrogens is 373 g/mol. The minimum atomic E-state index is -0.236. The van der Waals surface area contributed by atoms with Crippen LogP contribution < -0.4 is 9.64 Å². The van der Waals surface area contributed by atoms with Crippen molar-refractivity contribution < 1.29 is 18.7 Å². The molecule has 0 spiro atoms. The zero-order valence-electron chi connectivity index (χ0n) is 17.2. The molecule has 2 heterocycles. The molecule has 1 fully saturated rings. The van der Waals surface area contributed by atoms with Crippen molar-refractivity contribution in [2.75, 3.05) is 44.3 Å². The highest BCUT2D eigenvalue weighted by molar-refractivity contribution is 5.94. The Hall–Kier alpha value is -2.67. The van der Waals surface area contributed by atoms with E-state index in [1.54, 1.807) is 29.2 Å². The van der Waals surface area contributed by atoms with Gasteiger partial charge < -0.3 is 19.3 Å². The van der Waals surface area contributed by atoms with Crippen LogP contribution in [0, 0.1) is 5.82 Å². The fraction of sp³-hybridized carbons (Fsp3) is 0.455. The number of halogens is 1. The first-order chi connectivity index (χ1) is 13.8. The predicted molar refractivity (Wildman–Crippen MR) is 110 cm³/mol. The Bertz CT molecular complexity index is 813. The van der Waals surface area contributed by atoms with E-state index < -0.39 is 0 Å². The molecule has 6 nitrogen and oxygen atoms in total. The van der Waals surface area contributed by atoms with E-state index in [1.807, 2.05) is 31.7 Å². The maximum Gasteiger partial charge on any atom is 0.255 e. The van der Waals surface area contributed by atoms with Gasteiger partial charge in [-0.15, -0.1) is 0 Å². The number of rotatable bonds is 6. The number of hydrogen-bond acceptors (Lipinski definition) is 5. The highest BCUT2D eigenvalue weighted by Gasteiger charge is 2.23. The first-order valence-electron chi connectivity index (χ1n) is 9.85. The quantitative estimate of drug-likeness (QED) is 0.695. The van der Waals surface area contributed by atoms with Crippen LogP contribution in [0.2, 0.25) is 0 Å². The largest absolute Gasteiger partial charge is 0.475 e. The van der Waals surface area contributed by atoms with Crippen molar-refractivity contribution in [1.82, 2.24) is 9.88 Å². The molecule has 1 aromatic heterocycles. The first kappa shape index (κ1) is 21.0. The summed E-state index contributed by atoms with van der Waals surface area (Å²) < 4.78 is 25.1. The van der Waals surface area contributed by atoms with Crippen LogP contribution in [0.5, 0.6) is 5.88 Å². The van der Waals surface area contributed by atoms with E-state index in [0.717, 1.165) is 0 Å². The number of ether oxygens (including phenoxy) is 2. The summed E-state index contributed by atoms with van der Waals surface area (Å²) in [5.41, 5.74) is 0.893. The monoisotopic (exact) mass is 401 g/mol. The van der Waals surface area contributed by atoms with Gasteiger partial charge in [-0.05, 0) is 39.0 Å². The average Bonchev–Trinajstić information content (AvgIpc) is 2.71. The Morgan fingerprint density at radius 1 is 1.07 bits per heavy atom. The van der Waals surface area contributed by atoms with Gasteiger partial charge in [0.15, 0.2) is 0 Å². The second-order valence-electron chi connectivity index (χ2n) is 7.93. The third kappa shape index (κ3) is 5.90. The van der Waals surface area contributed by atoms with Gasteiger partial charge in [0.05, 0.1) is 23.5 Å². The SMILES string of the molecule is CC(C)(C)OCCOc1ccc(C(=O)N2CCN(c3ccccc3F)CC2)cn1. The molecule has 0 saturated carbocycles. The summed E-state index contributed by atoms with van der Waals surface area (Å²) in [5.74, 6) is 0.150. The van der Waals surface area contributed by atoms with Crippen LogP contribution in [0.15, 0.2) is 42.6 Å². The van der Waals surface area contributed by atoms with Crippen molar-refractivity contribution in [3.05, 3.63) is 54.0 Å². The fourth-order valence-corrected chi connectivity index (χ4v) is 3.13. The standard InChI is InChI=1S/C22H28FN3O3/c1-22(2,3)29-15-14-28-20-9-8-17(16-24-20)21(27)26-12-10-25(11-13-26)19-7-5-4-6-18(19)23/h4-9,16H,10-15H2,1-3H3. The van der Waals surface area contributed by atoms with Crippen molar-refractivity contribution in [2.45, 2.75) is 26.4 Å². The van der Waals surface area contributed by atoms with Crippen molar-refractivity contribution >= 4 is 11.6 Å². The number of anilines is 1. The molecule has 0 atom stereocenters. The third-order valence-corrected chi connectivity index (χ3v) is 4.61. The average molecular weight is 401 g/mol. The molecule has 0 N–H and O–H groups in total. The Balaban J connectivity index is 1.49. The topological polar surface area (TPSA) is 54.9 Å². The van der Waals surface area contributed by atoms with Gasteiger partial charge >= 0.3 is 0 Å². The number of para-hydroxylation sites is 1. The van der Waals surface area contributed by atoms with E-state index in [1.165, 1.54) is 12.3 Å². The van der Waals surface area contributed by atoms with E-state index in [9.17, 15) is 9.18 Å². The van der Waals surface area contributed by atoms with Gasteiger partial charge in [-0.3, -0.25) is 4.79 Å². The molecule has 7 heteroatoms. The molecule has 1 aliphatic rings. The summed E-state index contributed by atoms with van der Waals surface area (Å²) in [6.07, 6.45) is 1.53. The van der Waals surface area contributed by atoms with E-state index in [-0.39, 0.29) is 17.3 Å². The van der Waals surface area contributed by atoms with Crippen LogP contribution in [0.1, 0.15) is 31.1 Å². The maximum absolute atomic E-state index is 14.0. The number of amides is 1. The number of pyridine rings is 1. The summed E-state index contributed by atoms with van der Waals surface area (Å²) >= 11 is 0. The summed E-state index contributed by atoms with van der Waals surface area (Å²) in [5, 5.41) is 0. The van der Waals surface area contributed by atoms with Gasteiger partial charge in [0.1, 0.15) is 12.4 Å². The molecule has 1 amide bonds. The van der Waals surface area contributed by atoms with Gasteiger partial charge in [0.2, 0.25) is 5.88 Å². The van der Waals surface area contributed by atoms with Crippen molar-refractivity contribution in [3.8, 4) is 5.88 Å². The molecule has 0 bridgehead atoms. The van der Waals surface area contributed by atoms with E-state index in [4.69, 9.17) is 9.47 Å². The second-order valence-corrected chi connectivity index (χ2v) is 7.93. The molecule has 1 saturated heterocycles. The van der Waals surface area contributed by atoms with Crippen molar-refractivity contribution in [1.29, 1.82) is 0 Å². The van der Waals surface area contributed by atoms with E-state index in [2.05, 4.69) is 4.98 Å². The Morgan fingerprint density at radius 3 is 2.41 bits per heavy atom. The number of nitrogens with zero attached hydrogens (tertiary/aromatic N) is 3. The zero-order chi connectivity index (χ0) is 20.9. The molecule has 3 rings (SSSR count). The number of aromatic nitrogens is 1. The number of carbonyl (C=O) groups is 1. The lowest BCUT2D eigenvalue weighted by Crippen LogP contribution is -2.49. The van der Waals surface area contributed by atoms with Gasteiger partial charge in [0.25, 0.3) is 5.91 Å². The molecule has 0 radical (unpaired) electrons. The first-order valence-corrected chi connectivity index (χ1v) is 9.85. The second kappa shape index (κ2) is 9.22. The van der Waals surface area contributed by atoms with Crippen LogP contribution in [0.4, 0.5) is 10.1 Å². The number of carbonyl (C=O) groups excluding carboxylic acids is 1. The Kier molecular flexibility index (Phi) is 6.69. The summed E-state index contributed by atoms with van der Waals surface area (Å²) in [7, 11) is 0. The maximum atomic E-state index is 14.0. The summed E-state index contributed by atoms with van der Waals surface area (Å²) in [6.45, 7) is 9.09. The van der Waals surface area contributed by atoms with Crippen LogP contribution in [-0.4, -0.2) is 60.8 Å². The molecule has 1 aliphatic heterocycles. The van der Waals surface area contributed by atoms with Crippen LogP contribution in [0.25, 0.3) is 0 Å². The number of piperazine rings is 1. The van der Waals surface area contributed by atoms with Crippen LogP contribution in [-0.2, 0) is 4.74 Å². The molecule has 2 aromatic rings. The molecule has 1 aromatic carbocycles. The molecular formula is C22H28FN3O3. The highest BCUT2D eigenvalue weighted by Crippen LogP contribution is 2.21. The fourth-order valence-electron chi connectivity index (χ4n) is 3.13. The smallest absolute Gasteiger partial charge is 0.255 e. The zero-order valence-corrected chi connectivity index (χ0v) is 17.2. The normalized spacial score (nSPS) is 14.8. The van der Waals surface area contributed by atoms with E-state index >= 15 is 0 Å². The van der Waals surface area contributed by atoms with Crippen molar-refractivity contribution in [2.24, 2.45) is 0 Å². The highest BCUT2D eigenvalue weighted by atomic mass is 19.1. The van der Waals surface area contributed by atoms with Crippen molar-refractivity contribution in [3.63, 3.8) is 0 Å². The predicted octanol–water partition coefficient (Wildman–Crippen LogP) is 3.38. The number of hydrogen-bond donors (Lipinski definition) is 0. The summed E-state index contributed by atoms with van der Waals surface area (Å²) in [4.78, 5) is 20.7. The third-order valence-electron chi connectivity index (χ3n) is 4.61.